The fourth-order valence-corrected chi connectivity index (χ4v) is 8.28. The minimum absolute atomic E-state index is 0.0301. The van der Waals surface area contributed by atoms with E-state index in [4.69, 9.17) is 14.2 Å². The molecular weight excluding hydrogens is 428 g/mol. The molecule has 33 heavy (non-hydrogen) atoms. The molecular formula is C25H32O8. The molecule has 1 unspecified atom stereocenters. The SMILES string of the molecule is CC(=O)OCC(=O)[C@H]1CC[C@H]2[C@@H]3C[C@@H](O)C4=CC(=O)CC[C@]4(C)[C@H]3[C@@H]3C[C@]12C(OC(C)=O)O3. The fraction of sp³-hybridized carbons (Fsp3) is 0.760. The van der Waals surface area contributed by atoms with Crippen LogP contribution >= 0.6 is 0 Å². The van der Waals surface area contributed by atoms with Crippen molar-refractivity contribution in [3.63, 3.8) is 0 Å². The van der Waals surface area contributed by atoms with Gasteiger partial charge in [0.2, 0.25) is 6.29 Å². The average molecular weight is 461 g/mol. The molecule has 8 nitrogen and oxygen atoms in total. The minimum Gasteiger partial charge on any atom is -0.458 e. The summed E-state index contributed by atoms with van der Waals surface area (Å²) in [5.41, 5.74) is -0.262. The monoisotopic (exact) mass is 460 g/mol. The van der Waals surface area contributed by atoms with Gasteiger partial charge in [0.25, 0.3) is 0 Å². The summed E-state index contributed by atoms with van der Waals surface area (Å²) < 4.78 is 17.2. The van der Waals surface area contributed by atoms with E-state index in [0.717, 1.165) is 12.0 Å². The Morgan fingerprint density at radius 2 is 1.97 bits per heavy atom. The largest absolute Gasteiger partial charge is 0.458 e. The van der Waals surface area contributed by atoms with Crippen molar-refractivity contribution in [3.8, 4) is 0 Å². The molecule has 0 aromatic heterocycles. The van der Waals surface area contributed by atoms with E-state index < -0.39 is 35.7 Å². The van der Waals surface area contributed by atoms with Crippen molar-refractivity contribution in [2.45, 2.75) is 77.8 Å². The van der Waals surface area contributed by atoms with Crippen LogP contribution in [0, 0.1) is 34.5 Å². The molecule has 0 aromatic rings. The van der Waals surface area contributed by atoms with Gasteiger partial charge in [-0.3, -0.25) is 19.2 Å². The van der Waals surface area contributed by atoms with Gasteiger partial charge in [0.15, 0.2) is 11.6 Å². The summed E-state index contributed by atoms with van der Waals surface area (Å²) in [4.78, 5) is 48.7. The highest BCUT2D eigenvalue weighted by molar-refractivity contribution is 5.92. The van der Waals surface area contributed by atoms with Gasteiger partial charge in [0.05, 0.1) is 12.2 Å². The van der Waals surface area contributed by atoms with Crippen LogP contribution in [0.5, 0.6) is 0 Å². The third-order valence-corrected chi connectivity index (χ3v) is 9.31. The van der Waals surface area contributed by atoms with Crippen molar-refractivity contribution in [2.75, 3.05) is 6.61 Å². The first-order valence-electron chi connectivity index (χ1n) is 12.0. The Balaban J connectivity index is 1.55. The normalized spacial score (nSPS) is 45.4. The Bertz CT molecular complexity index is 939. The number of ether oxygens (including phenoxy) is 3. The first kappa shape index (κ1) is 22.7. The number of Topliss-reactive ketones (excluding diaryl/α,β-unsaturated/α-hetero) is 1. The Labute approximate surface area is 193 Å². The smallest absolute Gasteiger partial charge is 0.304 e. The number of rotatable bonds is 4. The Hall–Kier alpha value is -2.06. The van der Waals surface area contributed by atoms with Crippen LogP contribution in [-0.2, 0) is 33.4 Å². The third-order valence-electron chi connectivity index (χ3n) is 9.31. The van der Waals surface area contributed by atoms with Gasteiger partial charge >= 0.3 is 11.9 Å². The van der Waals surface area contributed by atoms with Gasteiger partial charge in [-0.25, -0.2) is 0 Å². The van der Waals surface area contributed by atoms with Gasteiger partial charge in [-0.1, -0.05) is 6.92 Å². The number of esters is 2. The Morgan fingerprint density at radius 3 is 2.67 bits per heavy atom. The average Bonchev–Trinajstić information content (AvgIpc) is 3.26. The Kier molecular flexibility index (Phi) is 5.32. The molecule has 0 aromatic carbocycles. The first-order valence-corrected chi connectivity index (χ1v) is 12.0. The maximum atomic E-state index is 13.2. The van der Waals surface area contributed by atoms with Crippen LogP contribution in [0.15, 0.2) is 11.6 Å². The molecule has 5 rings (SSSR count). The molecule has 180 valence electrons. The maximum absolute atomic E-state index is 13.2. The van der Waals surface area contributed by atoms with E-state index in [1.807, 2.05) is 0 Å². The number of fused-ring (bicyclic) bond motifs is 6. The fourth-order valence-electron chi connectivity index (χ4n) is 8.28. The second-order valence-corrected chi connectivity index (χ2v) is 10.8. The lowest BCUT2D eigenvalue weighted by molar-refractivity contribution is -0.198. The van der Waals surface area contributed by atoms with E-state index in [0.29, 0.717) is 32.1 Å². The second-order valence-electron chi connectivity index (χ2n) is 10.8. The number of carbonyl (C=O) groups excluding carboxylic acids is 4. The summed E-state index contributed by atoms with van der Waals surface area (Å²) in [7, 11) is 0. The van der Waals surface area contributed by atoms with Crippen LogP contribution in [0.4, 0.5) is 0 Å². The van der Waals surface area contributed by atoms with Crippen molar-refractivity contribution in [1.82, 2.24) is 0 Å². The van der Waals surface area contributed by atoms with E-state index in [2.05, 4.69) is 6.92 Å². The zero-order valence-electron chi connectivity index (χ0n) is 19.4. The number of aliphatic hydroxyl groups excluding tert-OH is 1. The number of hydrogen-bond acceptors (Lipinski definition) is 8. The zero-order valence-corrected chi connectivity index (χ0v) is 19.4. The molecule has 0 amide bonds. The summed E-state index contributed by atoms with van der Waals surface area (Å²) in [6.45, 7) is 4.44. The maximum Gasteiger partial charge on any atom is 0.304 e. The first-order chi connectivity index (χ1) is 15.6. The number of carbonyl (C=O) groups is 4. The highest BCUT2D eigenvalue weighted by Gasteiger charge is 2.73. The second kappa shape index (κ2) is 7.73. The summed E-state index contributed by atoms with van der Waals surface area (Å²) in [5, 5.41) is 11.1. The molecule has 1 aliphatic heterocycles. The predicted octanol–water partition coefficient (Wildman–Crippen LogP) is 2.12. The molecule has 4 fully saturated rings. The van der Waals surface area contributed by atoms with E-state index in [9.17, 15) is 24.3 Å². The molecule has 5 aliphatic rings. The van der Waals surface area contributed by atoms with Crippen molar-refractivity contribution in [1.29, 1.82) is 0 Å². The molecule has 1 spiro atoms. The van der Waals surface area contributed by atoms with Crippen LogP contribution in [-0.4, -0.2) is 53.7 Å². The third kappa shape index (κ3) is 3.24. The topological polar surface area (TPSA) is 116 Å². The lowest BCUT2D eigenvalue weighted by atomic mass is 9.46. The Morgan fingerprint density at radius 1 is 1.21 bits per heavy atom. The molecule has 4 aliphatic carbocycles. The number of aliphatic hydroxyl groups is 1. The molecule has 0 radical (unpaired) electrons. The molecule has 1 N–H and O–H groups in total. The van der Waals surface area contributed by atoms with Gasteiger partial charge in [-0.2, -0.15) is 0 Å². The molecule has 8 heteroatoms. The van der Waals surface area contributed by atoms with Gasteiger partial charge in [0, 0.05) is 31.6 Å². The van der Waals surface area contributed by atoms with Gasteiger partial charge in [-0.15, -0.1) is 0 Å². The van der Waals surface area contributed by atoms with Crippen molar-refractivity contribution >= 4 is 23.5 Å². The molecule has 1 heterocycles. The highest BCUT2D eigenvalue weighted by Crippen LogP contribution is 2.71. The summed E-state index contributed by atoms with van der Waals surface area (Å²) >= 11 is 0. The quantitative estimate of drug-likeness (QED) is 0.634. The van der Waals surface area contributed by atoms with Crippen LogP contribution in [0.1, 0.15) is 59.3 Å². The van der Waals surface area contributed by atoms with Crippen LogP contribution in [0.3, 0.4) is 0 Å². The standard InChI is InChI=1S/C25H32O8/c1-12(26)31-11-20(30)17-5-4-16-15-9-19(29)18-8-14(28)6-7-24(18,3)22(15)21-10-25(16,17)23(33-21)32-13(2)27/h8,15-17,19,21-23,29H,4-7,9-11H2,1-3H3/t15-,16-,17+,19+,21-,22+,23?,24-,25+/m0/s1. The van der Waals surface area contributed by atoms with E-state index in [1.165, 1.54) is 13.8 Å². The zero-order chi connectivity index (χ0) is 23.7. The van der Waals surface area contributed by atoms with Crippen LogP contribution in [0.25, 0.3) is 0 Å². The lowest BCUT2D eigenvalue weighted by Gasteiger charge is -2.58. The summed E-state index contributed by atoms with van der Waals surface area (Å²) in [6.07, 6.45) is 3.38. The summed E-state index contributed by atoms with van der Waals surface area (Å²) in [6, 6.07) is 0. The minimum atomic E-state index is -0.845. The highest BCUT2D eigenvalue weighted by atomic mass is 16.7. The number of hydrogen-bond donors (Lipinski definition) is 1. The van der Waals surface area contributed by atoms with Crippen LogP contribution < -0.4 is 0 Å². The predicted molar refractivity (Wildman–Crippen MR) is 113 cm³/mol. The van der Waals surface area contributed by atoms with Crippen molar-refractivity contribution in [2.24, 2.45) is 34.5 Å². The molecule has 9 atom stereocenters. The number of ketones is 2. The lowest BCUT2D eigenvalue weighted by Crippen LogP contribution is -2.58. The summed E-state index contributed by atoms with van der Waals surface area (Å²) in [5.74, 6) is -1.34. The van der Waals surface area contributed by atoms with Gasteiger partial charge in [0.1, 0.15) is 6.61 Å². The van der Waals surface area contributed by atoms with Gasteiger partial charge in [-0.05, 0) is 66.9 Å². The molecule has 1 saturated heterocycles. The molecule has 3 saturated carbocycles. The van der Waals surface area contributed by atoms with Crippen molar-refractivity contribution in [3.05, 3.63) is 11.6 Å². The van der Waals surface area contributed by atoms with E-state index in [-0.39, 0.29) is 47.4 Å². The van der Waals surface area contributed by atoms with E-state index >= 15 is 0 Å². The van der Waals surface area contributed by atoms with Crippen molar-refractivity contribution < 1.29 is 38.5 Å². The molecule has 2 bridgehead atoms. The van der Waals surface area contributed by atoms with E-state index in [1.54, 1.807) is 6.08 Å². The van der Waals surface area contributed by atoms with Gasteiger partial charge < -0.3 is 19.3 Å². The van der Waals surface area contributed by atoms with Crippen LogP contribution in [0.2, 0.25) is 0 Å².